The van der Waals surface area contributed by atoms with Crippen molar-refractivity contribution in [1.29, 1.82) is 0 Å². The molecule has 0 atom stereocenters. The number of benzene rings is 9. The van der Waals surface area contributed by atoms with Gasteiger partial charge in [0.25, 0.3) is 0 Å². The van der Waals surface area contributed by atoms with Gasteiger partial charge in [-0.05, 0) is 110 Å². The van der Waals surface area contributed by atoms with Crippen LogP contribution in [-0.4, -0.2) is 0 Å². The number of hydrogen-bond donors (Lipinski definition) is 0. The molecule has 0 saturated carbocycles. The van der Waals surface area contributed by atoms with E-state index < -0.39 is 0 Å². The summed E-state index contributed by atoms with van der Waals surface area (Å²) in [6, 6.07) is 71.7. The monoisotopic (exact) mass is 663 g/mol. The molecule has 0 saturated heterocycles. The average molecular weight is 664 g/mol. The van der Waals surface area contributed by atoms with Gasteiger partial charge in [0.05, 0.1) is 0 Å². The summed E-state index contributed by atoms with van der Waals surface area (Å²) in [6.45, 7) is 0. The molecule has 0 N–H and O–H groups in total. The molecule has 0 aliphatic heterocycles. The summed E-state index contributed by atoms with van der Waals surface area (Å²) in [5, 5.41) is 7.19. The van der Waals surface area contributed by atoms with Crippen molar-refractivity contribution in [2.24, 2.45) is 0 Å². The van der Waals surface area contributed by atoms with Crippen LogP contribution in [-0.2, 0) is 0 Å². The van der Waals surface area contributed by atoms with Gasteiger partial charge in [0.1, 0.15) is 11.2 Å². The molecule has 0 unspecified atom stereocenters. The first-order valence-electron chi connectivity index (χ1n) is 17.8. The lowest BCUT2D eigenvalue weighted by Crippen LogP contribution is -2.09. The Morgan fingerprint density at radius 2 is 0.808 bits per heavy atom. The first-order chi connectivity index (χ1) is 25.8. The topological polar surface area (TPSA) is 16.4 Å². The van der Waals surface area contributed by atoms with Gasteiger partial charge in [-0.15, -0.1) is 0 Å². The van der Waals surface area contributed by atoms with Crippen LogP contribution in [0, 0.1) is 0 Å². The molecule has 0 radical (unpaired) electrons. The van der Waals surface area contributed by atoms with Gasteiger partial charge < -0.3 is 9.32 Å². The first kappa shape index (κ1) is 30.0. The minimum Gasteiger partial charge on any atom is -0.456 e. The van der Waals surface area contributed by atoms with Gasteiger partial charge in [0.2, 0.25) is 0 Å². The maximum Gasteiger partial charge on any atom is 0.136 e. The Balaban J connectivity index is 1.06. The van der Waals surface area contributed by atoms with Crippen molar-refractivity contribution in [1.82, 2.24) is 0 Å². The Kier molecular flexibility index (Phi) is 7.18. The molecule has 2 nitrogen and oxygen atoms in total. The fourth-order valence-electron chi connectivity index (χ4n) is 7.69. The second-order valence-electron chi connectivity index (χ2n) is 13.3. The smallest absolute Gasteiger partial charge is 0.136 e. The van der Waals surface area contributed by atoms with Crippen molar-refractivity contribution < 1.29 is 4.42 Å². The highest BCUT2D eigenvalue weighted by molar-refractivity contribution is 6.15. The van der Waals surface area contributed by atoms with E-state index in [9.17, 15) is 0 Å². The van der Waals surface area contributed by atoms with E-state index in [0.29, 0.717) is 0 Å². The highest BCUT2D eigenvalue weighted by Crippen LogP contribution is 2.41. The van der Waals surface area contributed by atoms with Crippen LogP contribution in [0.3, 0.4) is 0 Å². The summed E-state index contributed by atoms with van der Waals surface area (Å²) >= 11 is 0. The number of rotatable bonds is 6. The zero-order valence-electron chi connectivity index (χ0n) is 28.4. The maximum absolute atomic E-state index is 6.40. The molecule has 0 bridgehead atoms. The summed E-state index contributed by atoms with van der Waals surface area (Å²) in [7, 11) is 0. The normalized spacial score (nSPS) is 11.5. The fourth-order valence-corrected chi connectivity index (χ4v) is 7.69. The van der Waals surface area contributed by atoms with E-state index in [2.05, 4.69) is 205 Å². The molecule has 1 heterocycles. The predicted octanol–water partition coefficient (Wildman–Crippen LogP) is 14.4. The molecular formula is C50H33NO. The van der Waals surface area contributed by atoms with Crippen LogP contribution in [0.1, 0.15) is 0 Å². The van der Waals surface area contributed by atoms with E-state index in [4.69, 9.17) is 4.42 Å². The SMILES string of the molecule is c1ccc(-c2ccc(N(c3ccc(-c4cccc5ccccc45)cc3)c3ccc(-c4cccc5oc6cc7ccccc7cc6c45)cc3)cc2)cc1. The van der Waals surface area contributed by atoms with Crippen molar-refractivity contribution in [3.8, 4) is 33.4 Å². The lowest BCUT2D eigenvalue weighted by molar-refractivity contribution is 0.669. The van der Waals surface area contributed by atoms with Crippen LogP contribution < -0.4 is 4.90 Å². The molecule has 2 heteroatoms. The van der Waals surface area contributed by atoms with Crippen LogP contribution in [0.2, 0.25) is 0 Å². The second kappa shape index (κ2) is 12.5. The van der Waals surface area contributed by atoms with E-state index in [1.165, 1.54) is 43.8 Å². The molecule has 1 aromatic heterocycles. The summed E-state index contributed by atoms with van der Waals surface area (Å²) in [6.07, 6.45) is 0. The van der Waals surface area contributed by atoms with Gasteiger partial charge in [0, 0.05) is 27.8 Å². The van der Waals surface area contributed by atoms with Crippen LogP contribution >= 0.6 is 0 Å². The molecule has 10 aromatic rings. The molecule has 52 heavy (non-hydrogen) atoms. The Bertz CT molecular complexity index is 2860. The third kappa shape index (κ3) is 5.21. The van der Waals surface area contributed by atoms with Crippen molar-refractivity contribution in [2.45, 2.75) is 0 Å². The molecule has 0 aliphatic rings. The molecule has 0 aliphatic carbocycles. The van der Waals surface area contributed by atoms with Crippen LogP contribution in [0.4, 0.5) is 17.1 Å². The molecule has 244 valence electrons. The van der Waals surface area contributed by atoms with Gasteiger partial charge >= 0.3 is 0 Å². The summed E-state index contributed by atoms with van der Waals surface area (Å²) in [5.74, 6) is 0. The second-order valence-corrected chi connectivity index (χ2v) is 13.3. The van der Waals surface area contributed by atoms with E-state index in [-0.39, 0.29) is 0 Å². The molecule has 10 rings (SSSR count). The Hall–Kier alpha value is -6.90. The number of nitrogens with zero attached hydrogens (tertiary/aromatic N) is 1. The third-order valence-corrected chi connectivity index (χ3v) is 10.3. The highest BCUT2D eigenvalue weighted by Gasteiger charge is 2.17. The molecule has 0 spiro atoms. The van der Waals surface area contributed by atoms with Crippen LogP contribution in [0.5, 0.6) is 0 Å². The minimum atomic E-state index is 0.901. The molecule has 0 amide bonds. The molecular weight excluding hydrogens is 631 g/mol. The highest BCUT2D eigenvalue weighted by atomic mass is 16.3. The maximum atomic E-state index is 6.40. The van der Waals surface area contributed by atoms with Crippen molar-refractivity contribution >= 4 is 60.5 Å². The lowest BCUT2D eigenvalue weighted by Gasteiger charge is -2.26. The molecule has 0 fully saturated rings. The third-order valence-electron chi connectivity index (χ3n) is 10.3. The summed E-state index contributed by atoms with van der Waals surface area (Å²) < 4.78 is 6.40. The fraction of sp³-hybridized carbons (Fsp3) is 0. The number of hydrogen-bond acceptors (Lipinski definition) is 2. The first-order valence-corrected chi connectivity index (χ1v) is 17.8. The summed E-state index contributed by atoms with van der Waals surface area (Å²) in [5.41, 5.74) is 12.2. The Labute approximate surface area is 302 Å². The van der Waals surface area contributed by atoms with Gasteiger partial charge in [-0.2, -0.15) is 0 Å². The number of furan rings is 1. The number of anilines is 3. The Morgan fingerprint density at radius 3 is 1.50 bits per heavy atom. The van der Waals surface area contributed by atoms with Crippen LogP contribution in [0.25, 0.3) is 76.9 Å². The van der Waals surface area contributed by atoms with E-state index >= 15 is 0 Å². The van der Waals surface area contributed by atoms with Gasteiger partial charge in [-0.1, -0.05) is 146 Å². The van der Waals surface area contributed by atoms with Crippen molar-refractivity contribution in [3.05, 3.63) is 200 Å². The largest absolute Gasteiger partial charge is 0.456 e. The summed E-state index contributed by atoms with van der Waals surface area (Å²) in [4.78, 5) is 2.34. The van der Waals surface area contributed by atoms with Crippen molar-refractivity contribution in [2.75, 3.05) is 4.90 Å². The minimum absolute atomic E-state index is 0.901. The zero-order valence-corrected chi connectivity index (χ0v) is 28.4. The van der Waals surface area contributed by atoms with Gasteiger partial charge in [0.15, 0.2) is 0 Å². The number of fused-ring (bicyclic) bond motifs is 5. The molecule has 9 aromatic carbocycles. The van der Waals surface area contributed by atoms with E-state index in [0.717, 1.165) is 50.1 Å². The lowest BCUT2D eigenvalue weighted by atomic mass is 9.97. The van der Waals surface area contributed by atoms with Crippen LogP contribution in [0.15, 0.2) is 205 Å². The Morgan fingerprint density at radius 1 is 0.308 bits per heavy atom. The average Bonchev–Trinajstić information content (AvgIpc) is 3.58. The zero-order chi connectivity index (χ0) is 34.4. The standard InChI is InChI=1S/C50H33NO/c1-2-10-34(11-3-1)35-20-26-41(27-21-35)51(42-28-22-37(23-29-42)45-17-8-15-36-12-6-7-16-44(36)45)43-30-24-38(25-31-43)46-18-9-19-48-50(46)47-32-39-13-4-5-14-40(39)33-49(47)52-48/h1-33H. The van der Waals surface area contributed by atoms with Crippen molar-refractivity contribution in [3.63, 3.8) is 0 Å². The predicted molar refractivity (Wildman–Crippen MR) is 220 cm³/mol. The van der Waals surface area contributed by atoms with Gasteiger partial charge in [-0.25, -0.2) is 0 Å². The quantitative estimate of drug-likeness (QED) is 0.176. The van der Waals surface area contributed by atoms with Gasteiger partial charge in [-0.3, -0.25) is 0 Å². The van der Waals surface area contributed by atoms with E-state index in [1.54, 1.807) is 0 Å². The van der Waals surface area contributed by atoms with E-state index in [1.807, 2.05) is 0 Å².